The summed E-state index contributed by atoms with van der Waals surface area (Å²) >= 11 is 3.53. The van der Waals surface area contributed by atoms with Gasteiger partial charge in [-0.3, -0.25) is 9.69 Å². The first-order valence-corrected chi connectivity index (χ1v) is 6.98. The maximum absolute atomic E-state index is 12.0. The van der Waals surface area contributed by atoms with E-state index >= 15 is 0 Å². The molecular weight excluding hydrogens is 294 g/mol. The Morgan fingerprint density at radius 3 is 2.94 bits per heavy atom. The van der Waals surface area contributed by atoms with E-state index in [1.165, 1.54) is 5.56 Å². The van der Waals surface area contributed by atoms with E-state index < -0.39 is 0 Å². The Labute approximate surface area is 116 Å². The summed E-state index contributed by atoms with van der Waals surface area (Å²) < 4.78 is 6.34. The first kappa shape index (κ1) is 13.7. The van der Waals surface area contributed by atoms with E-state index in [-0.39, 0.29) is 5.92 Å². The minimum atomic E-state index is 0.103. The van der Waals surface area contributed by atoms with E-state index in [4.69, 9.17) is 4.74 Å². The SMILES string of the molecule is CN(CC(=O)C1CCOC1)Cc1ccccc1Br. The molecule has 0 radical (unpaired) electrons. The van der Waals surface area contributed by atoms with E-state index in [1.54, 1.807) is 0 Å². The smallest absolute Gasteiger partial charge is 0.152 e. The molecule has 1 aromatic carbocycles. The summed E-state index contributed by atoms with van der Waals surface area (Å²) in [6.45, 7) is 2.60. The summed E-state index contributed by atoms with van der Waals surface area (Å²) in [5, 5.41) is 0. The molecule has 1 saturated heterocycles. The maximum atomic E-state index is 12.0. The van der Waals surface area contributed by atoms with Crippen LogP contribution in [0.3, 0.4) is 0 Å². The van der Waals surface area contributed by atoms with Gasteiger partial charge in [-0.05, 0) is 25.1 Å². The molecule has 4 heteroatoms. The fraction of sp³-hybridized carbons (Fsp3) is 0.500. The fourth-order valence-corrected chi connectivity index (χ4v) is 2.57. The number of carbonyl (C=O) groups is 1. The molecule has 1 aromatic rings. The molecule has 0 bridgehead atoms. The quantitative estimate of drug-likeness (QED) is 0.836. The van der Waals surface area contributed by atoms with E-state index in [9.17, 15) is 4.79 Å². The lowest BCUT2D eigenvalue weighted by Gasteiger charge is -2.18. The van der Waals surface area contributed by atoms with Crippen LogP contribution in [0.4, 0.5) is 0 Å². The molecule has 0 aliphatic carbocycles. The lowest BCUT2D eigenvalue weighted by molar-refractivity contribution is -0.123. The van der Waals surface area contributed by atoms with Crippen molar-refractivity contribution >= 4 is 21.7 Å². The number of rotatable bonds is 5. The number of Topliss-reactive ketones (excluding diaryl/α,β-unsaturated/α-hetero) is 1. The standard InChI is InChI=1S/C14H18BrNO2/c1-16(8-11-4-2-3-5-13(11)15)9-14(17)12-6-7-18-10-12/h2-5,12H,6-10H2,1H3. The Bertz CT molecular complexity index is 416. The molecule has 0 amide bonds. The van der Waals surface area contributed by atoms with Crippen molar-refractivity contribution in [3.05, 3.63) is 34.3 Å². The van der Waals surface area contributed by atoms with Gasteiger partial charge in [-0.2, -0.15) is 0 Å². The monoisotopic (exact) mass is 311 g/mol. The number of hydrogen-bond donors (Lipinski definition) is 0. The molecule has 0 saturated carbocycles. The number of likely N-dealkylation sites (N-methyl/N-ethyl adjacent to an activating group) is 1. The zero-order valence-electron chi connectivity index (χ0n) is 10.6. The third-order valence-corrected chi connectivity index (χ3v) is 3.98. The van der Waals surface area contributed by atoms with Gasteiger partial charge in [-0.15, -0.1) is 0 Å². The van der Waals surface area contributed by atoms with Crippen LogP contribution in [0.1, 0.15) is 12.0 Å². The Morgan fingerprint density at radius 2 is 2.28 bits per heavy atom. The largest absolute Gasteiger partial charge is 0.381 e. The Kier molecular flexibility index (Phi) is 4.92. The number of carbonyl (C=O) groups excluding carboxylic acids is 1. The van der Waals surface area contributed by atoms with Crippen molar-refractivity contribution in [3.8, 4) is 0 Å². The van der Waals surface area contributed by atoms with Gasteiger partial charge in [0.2, 0.25) is 0 Å². The highest BCUT2D eigenvalue weighted by Gasteiger charge is 2.24. The molecule has 1 fully saturated rings. The van der Waals surface area contributed by atoms with Gasteiger partial charge in [-0.25, -0.2) is 0 Å². The van der Waals surface area contributed by atoms with E-state index in [1.807, 2.05) is 25.2 Å². The van der Waals surface area contributed by atoms with Crippen LogP contribution in [0, 0.1) is 5.92 Å². The van der Waals surface area contributed by atoms with Crippen molar-refractivity contribution in [1.82, 2.24) is 4.90 Å². The third-order valence-electron chi connectivity index (χ3n) is 3.21. The molecule has 0 aromatic heterocycles. The van der Waals surface area contributed by atoms with Crippen LogP contribution in [0.5, 0.6) is 0 Å². The number of halogens is 1. The summed E-state index contributed by atoms with van der Waals surface area (Å²) in [5.74, 6) is 0.397. The molecule has 98 valence electrons. The van der Waals surface area contributed by atoms with Crippen molar-refractivity contribution in [2.24, 2.45) is 5.92 Å². The third kappa shape index (κ3) is 3.64. The summed E-state index contributed by atoms with van der Waals surface area (Å²) in [5.41, 5.74) is 1.20. The van der Waals surface area contributed by atoms with Crippen molar-refractivity contribution in [3.63, 3.8) is 0 Å². The molecule has 3 nitrogen and oxygen atoms in total. The second-order valence-electron chi connectivity index (χ2n) is 4.79. The predicted octanol–water partition coefficient (Wildman–Crippen LogP) is 2.49. The van der Waals surface area contributed by atoms with Crippen molar-refractivity contribution < 1.29 is 9.53 Å². The second-order valence-corrected chi connectivity index (χ2v) is 5.64. The predicted molar refractivity (Wildman–Crippen MR) is 74.4 cm³/mol. The second kappa shape index (κ2) is 6.45. The van der Waals surface area contributed by atoms with Gasteiger partial charge >= 0.3 is 0 Å². The van der Waals surface area contributed by atoms with Gasteiger partial charge in [0.25, 0.3) is 0 Å². The van der Waals surface area contributed by atoms with Crippen molar-refractivity contribution in [1.29, 1.82) is 0 Å². The number of hydrogen-bond acceptors (Lipinski definition) is 3. The maximum Gasteiger partial charge on any atom is 0.152 e. The Balaban J connectivity index is 1.86. The highest BCUT2D eigenvalue weighted by atomic mass is 79.9. The minimum Gasteiger partial charge on any atom is -0.381 e. The average molecular weight is 312 g/mol. The van der Waals surface area contributed by atoms with Crippen LogP contribution in [-0.4, -0.2) is 37.5 Å². The van der Waals surface area contributed by atoms with Crippen LogP contribution >= 0.6 is 15.9 Å². The molecule has 1 aliphatic heterocycles. The molecular formula is C14H18BrNO2. The van der Waals surface area contributed by atoms with E-state index in [0.29, 0.717) is 18.9 Å². The van der Waals surface area contributed by atoms with Gasteiger partial charge < -0.3 is 4.74 Å². The minimum absolute atomic E-state index is 0.103. The number of nitrogens with zero attached hydrogens (tertiary/aromatic N) is 1. The molecule has 1 unspecified atom stereocenters. The number of ketones is 1. The van der Waals surface area contributed by atoms with Gasteiger partial charge in [-0.1, -0.05) is 34.1 Å². The summed E-state index contributed by atoms with van der Waals surface area (Å²) in [6, 6.07) is 8.11. The Morgan fingerprint density at radius 1 is 1.50 bits per heavy atom. The highest BCUT2D eigenvalue weighted by molar-refractivity contribution is 9.10. The average Bonchev–Trinajstić information content (AvgIpc) is 2.85. The van der Waals surface area contributed by atoms with E-state index in [0.717, 1.165) is 24.0 Å². The topological polar surface area (TPSA) is 29.5 Å². The van der Waals surface area contributed by atoms with Gasteiger partial charge in [0.05, 0.1) is 13.2 Å². The van der Waals surface area contributed by atoms with Crippen molar-refractivity contribution in [2.75, 3.05) is 26.8 Å². The summed E-state index contributed by atoms with van der Waals surface area (Å²) in [6.07, 6.45) is 0.877. The molecule has 18 heavy (non-hydrogen) atoms. The molecule has 0 spiro atoms. The van der Waals surface area contributed by atoms with Crippen LogP contribution in [0.25, 0.3) is 0 Å². The lowest BCUT2D eigenvalue weighted by Crippen LogP contribution is -2.30. The van der Waals surface area contributed by atoms with Crippen LogP contribution in [0.2, 0.25) is 0 Å². The fourth-order valence-electron chi connectivity index (χ4n) is 2.16. The molecule has 1 aliphatic rings. The van der Waals surface area contributed by atoms with Gasteiger partial charge in [0.15, 0.2) is 5.78 Å². The lowest BCUT2D eigenvalue weighted by atomic mass is 10.0. The van der Waals surface area contributed by atoms with Gasteiger partial charge in [0, 0.05) is 23.5 Å². The summed E-state index contributed by atoms with van der Waals surface area (Å²) in [7, 11) is 1.98. The molecule has 1 atom stereocenters. The first-order chi connectivity index (χ1) is 8.66. The Hall–Kier alpha value is -0.710. The summed E-state index contributed by atoms with van der Waals surface area (Å²) in [4.78, 5) is 14.1. The number of benzene rings is 1. The molecule has 2 rings (SSSR count). The van der Waals surface area contributed by atoms with E-state index in [2.05, 4.69) is 26.9 Å². The zero-order chi connectivity index (χ0) is 13.0. The normalized spacial score (nSPS) is 19.4. The van der Waals surface area contributed by atoms with Crippen LogP contribution in [-0.2, 0) is 16.1 Å². The molecule has 0 N–H and O–H groups in total. The van der Waals surface area contributed by atoms with Crippen LogP contribution < -0.4 is 0 Å². The first-order valence-electron chi connectivity index (χ1n) is 6.19. The zero-order valence-corrected chi connectivity index (χ0v) is 12.1. The van der Waals surface area contributed by atoms with Crippen LogP contribution in [0.15, 0.2) is 28.7 Å². The molecule has 1 heterocycles. The highest BCUT2D eigenvalue weighted by Crippen LogP contribution is 2.18. The van der Waals surface area contributed by atoms with Crippen molar-refractivity contribution in [2.45, 2.75) is 13.0 Å². The number of ether oxygens (including phenoxy) is 1. The van der Waals surface area contributed by atoms with Gasteiger partial charge in [0.1, 0.15) is 0 Å².